The van der Waals surface area contributed by atoms with Gasteiger partial charge in [-0.15, -0.1) is 0 Å². The number of hydrogen-bond donors (Lipinski definition) is 1. The van der Waals surface area contributed by atoms with Crippen LogP contribution in [0.25, 0.3) is 10.8 Å². The molecule has 2 aromatic carbocycles. The molecule has 2 rings (SSSR count). The maximum atomic E-state index is 9.49. The third kappa shape index (κ3) is 4.10. The van der Waals surface area contributed by atoms with Crippen LogP contribution in [0.3, 0.4) is 0 Å². The molecule has 0 aromatic heterocycles. The Kier molecular flexibility index (Phi) is 7.04. The van der Waals surface area contributed by atoms with Crippen molar-refractivity contribution in [3.8, 4) is 5.75 Å². The van der Waals surface area contributed by atoms with Gasteiger partial charge in [0.25, 0.3) is 0 Å². The van der Waals surface area contributed by atoms with E-state index < -0.39 is 0 Å². The van der Waals surface area contributed by atoms with Crippen LogP contribution in [0.5, 0.6) is 5.75 Å². The molecule has 0 amide bonds. The fraction of sp³-hybridized carbons (Fsp3) is 0.375. The molecule has 0 saturated heterocycles. The molecular formula is C16H24O. The van der Waals surface area contributed by atoms with E-state index in [4.69, 9.17) is 0 Å². The van der Waals surface area contributed by atoms with Gasteiger partial charge >= 0.3 is 0 Å². The van der Waals surface area contributed by atoms with E-state index in [1.807, 2.05) is 52.8 Å². The Morgan fingerprint density at radius 2 is 1.35 bits per heavy atom. The maximum Gasteiger partial charge on any atom is 0.119 e. The summed E-state index contributed by atoms with van der Waals surface area (Å²) in [7, 11) is 0. The molecule has 0 atom stereocenters. The average Bonchev–Trinajstić information content (AvgIpc) is 2.36. The molecule has 94 valence electrons. The standard InChI is InChI=1S/C12H12O.2C2H6/c1-8-3-4-10-7-12(13)9(2)6-11(10)5-8;2*1-2/h3-7,13H,1-2H3;2*1-2H3. The first-order valence-electron chi connectivity index (χ1n) is 6.37. The molecule has 1 nitrogen and oxygen atoms in total. The minimum atomic E-state index is 0.372. The lowest BCUT2D eigenvalue weighted by molar-refractivity contribution is 0.472. The van der Waals surface area contributed by atoms with E-state index in [1.165, 1.54) is 10.9 Å². The summed E-state index contributed by atoms with van der Waals surface area (Å²) >= 11 is 0. The Morgan fingerprint density at radius 1 is 0.765 bits per heavy atom. The molecule has 0 radical (unpaired) electrons. The molecule has 2 aromatic rings. The zero-order chi connectivity index (χ0) is 13.4. The number of benzene rings is 2. The highest BCUT2D eigenvalue weighted by molar-refractivity contribution is 5.85. The van der Waals surface area contributed by atoms with Crippen LogP contribution in [0.15, 0.2) is 30.3 Å². The molecule has 1 N–H and O–H groups in total. The normalized spacial score (nSPS) is 8.82. The number of fused-ring (bicyclic) bond motifs is 1. The lowest BCUT2D eigenvalue weighted by Crippen LogP contribution is -1.79. The molecule has 0 aliphatic carbocycles. The summed E-state index contributed by atoms with van der Waals surface area (Å²) in [6, 6.07) is 10.0. The molecule has 0 fully saturated rings. The van der Waals surface area contributed by atoms with Gasteiger partial charge in [-0.2, -0.15) is 0 Å². The van der Waals surface area contributed by atoms with Gasteiger partial charge in [0.1, 0.15) is 5.75 Å². The Labute approximate surface area is 105 Å². The lowest BCUT2D eigenvalue weighted by Gasteiger charge is -2.03. The van der Waals surface area contributed by atoms with Crippen molar-refractivity contribution in [2.24, 2.45) is 0 Å². The lowest BCUT2D eigenvalue weighted by atomic mass is 10.0. The van der Waals surface area contributed by atoms with Crippen LogP contribution in [-0.2, 0) is 0 Å². The van der Waals surface area contributed by atoms with E-state index in [2.05, 4.69) is 19.1 Å². The number of aromatic hydroxyl groups is 1. The molecule has 0 saturated carbocycles. The van der Waals surface area contributed by atoms with Crippen molar-refractivity contribution >= 4 is 10.8 Å². The number of hydrogen-bond acceptors (Lipinski definition) is 1. The minimum Gasteiger partial charge on any atom is -0.508 e. The van der Waals surface area contributed by atoms with Crippen molar-refractivity contribution in [1.29, 1.82) is 0 Å². The zero-order valence-corrected chi connectivity index (χ0v) is 11.8. The molecule has 0 bridgehead atoms. The number of rotatable bonds is 0. The van der Waals surface area contributed by atoms with E-state index in [9.17, 15) is 5.11 Å². The van der Waals surface area contributed by atoms with E-state index in [0.29, 0.717) is 5.75 Å². The quantitative estimate of drug-likeness (QED) is 0.660. The summed E-state index contributed by atoms with van der Waals surface area (Å²) < 4.78 is 0. The molecule has 0 spiro atoms. The smallest absolute Gasteiger partial charge is 0.119 e. The SMILES string of the molecule is CC.CC.Cc1ccc2cc(O)c(C)cc2c1. The van der Waals surface area contributed by atoms with Crippen LogP contribution < -0.4 is 0 Å². The van der Waals surface area contributed by atoms with Gasteiger partial charge in [-0.05, 0) is 42.3 Å². The third-order valence-corrected chi connectivity index (χ3v) is 2.31. The summed E-state index contributed by atoms with van der Waals surface area (Å²) in [4.78, 5) is 0. The van der Waals surface area contributed by atoms with Crippen LogP contribution in [-0.4, -0.2) is 5.11 Å². The van der Waals surface area contributed by atoms with Gasteiger partial charge in [-0.1, -0.05) is 51.5 Å². The Morgan fingerprint density at radius 3 is 1.94 bits per heavy atom. The fourth-order valence-corrected chi connectivity index (χ4v) is 1.52. The predicted octanol–water partition coefficient (Wildman–Crippen LogP) is 5.21. The molecule has 1 heteroatoms. The van der Waals surface area contributed by atoms with Gasteiger partial charge < -0.3 is 5.11 Å². The second kappa shape index (κ2) is 7.72. The van der Waals surface area contributed by atoms with E-state index in [-0.39, 0.29) is 0 Å². The van der Waals surface area contributed by atoms with Crippen molar-refractivity contribution in [2.45, 2.75) is 41.5 Å². The highest BCUT2D eigenvalue weighted by Crippen LogP contribution is 2.24. The van der Waals surface area contributed by atoms with Gasteiger partial charge in [0.05, 0.1) is 0 Å². The average molecular weight is 232 g/mol. The first-order valence-corrected chi connectivity index (χ1v) is 6.37. The second-order valence-corrected chi connectivity index (χ2v) is 3.49. The van der Waals surface area contributed by atoms with Crippen LogP contribution in [0.1, 0.15) is 38.8 Å². The third-order valence-electron chi connectivity index (χ3n) is 2.31. The van der Waals surface area contributed by atoms with E-state index >= 15 is 0 Å². The summed E-state index contributed by atoms with van der Waals surface area (Å²) in [5.74, 6) is 0.372. The largest absolute Gasteiger partial charge is 0.508 e. The molecule has 17 heavy (non-hydrogen) atoms. The summed E-state index contributed by atoms with van der Waals surface area (Å²) in [6.45, 7) is 12.0. The topological polar surface area (TPSA) is 20.2 Å². The highest BCUT2D eigenvalue weighted by atomic mass is 16.3. The van der Waals surface area contributed by atoms with Gasteiger partial charge in [0.2, 0.25) is 0 Å². The summed E-state index contributed by atoms with van der Waals surface area (Å²) in [5, 5.41) is 11.8. The first-order chi connectivity index (χ1) is 8.16. The first kappa shape index (κ1) is 15.5. The van der Waals surface area contributed by atoms with E-state index in [1.54, 1.807) is 0 Å². The number of phenolic OH excluding ortho intramolecular Hbond substituents is 1. The Bertz CT molecular complexity index is 458. The molecule has 0 unspecified atom stereocenters. The predicted molar refractivity (Wildman–Crippen MR) is 77.8 cm³/mol. The molecular weight excluding hydrogens is 208 g/mol. The van der Waals surface area contributed by atoms with Crippen molar-refractivity contribution < 1.29 is 5.11 Å². The minimum absolute atomic E-state index is 0.372. The van der Waals surface area contributed by atoms with E-state index in [0.717, 1.165) is 10.9 Å². The fourth-order valence-electron chi connectivity index (χ4n) is 1.52. The van der Waals surface area contributed by atoms with Crippen LogP contribution >= 0.6 is 0 Å². The van der Waals surface area contributed by atoms with Crippen molar-refractivity contribution in [3.63, 3.8) is 0 Å². The van der Waals surface area contributed by atoms with Gasteiger partial charge in [0.15, 0.2) is 0 Å². The van der Waals surface area contributed by atoms with Crippen molar-refractivity contribution in [1.82, 2.24) is 0 Å². The van der Waals surface area contributed by atoms with Crippen LogP contribution in [0, 0.1) is 13.8 Å². The number of phenols is 1. The van der Waals surface area contributed by atoms with Gasteiger partial charge in [0, 0.05) is 0 Å². The molecule has 0 heterocycles. The zero-order valence-electron chi connectivity index (χ0n) is 11.8. The van der Waals surface area contributed by atoms with Crippen molar-refractivity contribution in [2.75, 3.05) is 0 Å². The van der Waals surface area contributed by atoms with Crippen molar-refractivity contribution in [3.05, 3.63) is 41.5 Å². The summed E-state index contributed by atoms with van der Waals surface area (Å²) in [5.41, 5.74) is 2.18. The van der Waals surface area contributed by atoms with Gasteiger partial charge in [-0.3, -0.25) is 0 Å². The molecule has 0 aliphatic rings. The van der Waals surface area contributed by atoms with Crippen LogP contribution in [0.4, 0.5) is 0 Å². The van der Waals surface area contributed by atoms with Gasteiger partial charge in [-0.25, -0.2) is 0 Å². The molecule has 0 aliphatic heterocycles. The summed E-state index contributed by atoms with van der Waals surface area (Å²) in [6.07, 6.45) is 0. The monoisotopic (exact) mass is 232 g/mol. The second-order valence-electron chi connectivity index (χ2n) is 3.49. The Hall–Kier alpha value is -1.50. The maximum absolute atomic E-state index is 9.49. The van der Waals surface area contributed by atoms with Crippen LogP contribution in [0.2, 0.25) is 0 Å². The number of aryl methyl sites for hydroxylation is 2. The Balaban J connectivity index is 0.000000581. The highest BCUT2D eigenvalue weighted by Gasteiger charge is 1.99.